The van der Waals surface area contributed by atoms with E-state index in [2.05, 4.69) is 46.4 Å². The number of benzene rings is 1. The van der Waals surface area contributed by atoms with E-state index in [9.17, 15) is 29.6 Å². The zero-order chi connectivity index (χ0) is 45.7. The first-order valence-electron chi connectivity index (χ1n) is 22.9. The van der Waals surface area contributed by atoms with Gasteiger partial charge in [0, 0.05) is 23.9 Å². The molecule has 2 aromatic rings. The van der Waals surface area contributed by atoms with E-state index in [4.69, 9.17) is 38.6 Å². The first-order chi connectivity index (χ1) is 30.9. The minimum atomic E-state index is -1.25. The molecule has 2 N–H and O–H groups in total. The van der Waals surface area contributed by atoms with Crippen molar-refractivity contribution < 1.29 is 57.5 Å². The Morgan fingerprint density at radius 1 is 0.922 bits per heavy atom. The van der Waals surface area contributed by atoms with Crippen molar-refractivity contribution in [3.05, 3.63) is 32.7 Å². The lowest BCUT2D eigenvalue weighted by Crippen LogP contribution is -2.54. The highest BCUT2D eigenvalue weighted by molar-refractivity contribution is 5.95. The van der Waals surface area contributed by atoms with Gasteiger partial charge in [-0.15, -0.1) is 0 Å². The van der Waals surface area contributed by atoms with Crippen LogP contribution in [0.2, 0.25) is 0 Å². The number of hydrogen-bond donors (Lipinski definition) is 2. The van der Waals surface area contributed by atoms with Gasteiger partial charge in [-0.1, -0.05) is 25.9 Å². The second-order valence-corrected chi connectivity index (χ2v) is 18.5. The van der Waals surface area contributed by atoms with Gasteiger partial charge in [0.2, 0.25) is 5.52 Å². The number of anilines is 1. The zero-order valence-corrected chi connectivity index (χ0v) is 37.4. The van der Waals surface area contributed by atoms with Gasteiger partial charge in [-0.3, -0.25) is 19.7 Å². The average Bonchev–Trinajstić information content (AvgIpc) is 3.90. The molecule has 0 spiro atoms. The van der Waals surface area contributed by atoms with Gasteiger partial charge in [0.1, 0.15) is 18.8 Å². The molecule has 4 fully saturated rings. The standard InChI is InChI=1S/C44H65N7O13/c1-28(4-11-39(54)62-25-24-61-23-22-60-21-20-59-19-18-58-17-16-46-50-45)32-7-8-33-31-6-5-29-26-30(12-14-43(29,2)34(31)13-15-44(32,33)3)63-42(55)36(27-38(52)53)47-35-9-10-37(51(56)57)41-40(35)48-64-49-41/h9-10,28-34,36,47H,4-8,11-27H2,1-3H3,(H,52,53)/t28-,29-,30-,31+,32?,33+,34+,36+,43+,44-/m1/s1. The van der Waals surface area contributed by atoms with Gasteiger partial charge in [0.15, 0.2) is 5.52 Å². The number of fused-ring (bicyclic) bond motifs is 6. The highest BCUT2D eigenvalue weighted by Crippen LogP contribution is 2.68. The summed E-state index contributed by atoms with van der Waals surface area (Å²) in [5.41, 5.74) is 8.36. The van der Waals surface area contributed by atoms with Crippen LogP contribution in [0.5, 0.6) is 0 Å². The smallest absolute Gasteiger partial charge is 0.329 e. The largest absolute Gasteiger partial charge is 0.481 e. The van der Waals surface area contributed by atoms with Gasteiger partial charge >= 0.3 is 23.6 Å². The first kappa shape index (κ1) is 48.8. The number of nitrogens with one attached hydrogen (secondary N) is 1. The summed E-state index contributed by atoms with van der Waals surface area (Å²) >= 11 is 0. The Balaban J connectivity index is 0.896. The van der Waals surface area contributed by atoms with E-state index >= 15 is 0 Å². The van der Waals surface area contributed by atoms with Crippen molar-refractivity contribution in [3.8, 4) is 0 Å². The third-order valence-corrected chi connectivity index (χ3v) is 15.1. The van der Waals surface area contributed by atoms with Crippen LogP contribution in [-0.4, -0.2) is 116 Å². The fourth-order valence-corrected chi connectivity index (χ4v) is 12.0. The summed E-state index contributed by atoms with van der Waals surface area (Å²) in [6, 6.07) is 1.31. The Hall–Kier alpha value is -4.62. The summed E-state index contributed by atoms with van der Waals surface area (Å²) in [5.74, 6) is 1.14. The number of carboxylic acids is 1. The quantitative estimate of drug-likeness (QED) is 0.0178. The lowest BCUT2D eigenvalue weighted by Gasteiger charge is -2.61. The maximum absolute atomic E-state index is 13.6. The summed E-state index contributed by atoms with van der Waals surface area (Å²) in [4.78, 5) is 51.6. The Bertz CT molecular complexity index is 1950. The van der Waals surface area contributed by atoms with E-state index in [1.807, 2.05) is 0 Å². The van der Waals surface area contributed by atoms with E-state index in [1.54, 1.807) is 0 Å². The predicted molar refractivity (Wildman–Crippen MR) is 230 cm³/mol. The average molecular weight is 900 g/mol. The fraction of sp³-hybridized carbons (Fsp3) is 0.795. The predicted octanol–water partition coefficient (Wildman–Crippen LogP) is 7.29. The van der Waals surface area contributed by atoms with Crippen LogP contribution in [0.25, 0.3) is 21.5 Å². The molecule has 20 nitrogen and oxygen atoms in total. The highest BCUT2D eigenvalue weighted by Gasteiger charge is 2.61. The third-order valence-electron chi connectivity index (χ3n) is 15.1. The second-order valence-electron chi connectivity index (χ2n) is 18.5. The number of aromatic nitrogens is 2. The number of nitrogens with zero attached hydrogens (tertiary/aromatic N) is 6. The van der Waals surface area contributed by atoms with Gasteiger partial charge in [-0.05, 0) is 132 Å². The minimum Gasteiger partial charge on any atom is -0.481 e. The summed E-state index contributed by atoms with van der Waals surface area (Å²) in [6.45, 7) is 11.0. The van der Waals surface area contributed by atoms with Crippen LogP contribution >= 0.6 is 0 Å². The number of carbonyl (C=O) groups is 3. The molecule has 1 unspecified atom stereocenters. The lowest BCUT2D eigenvalue weighted by molar-refractivity contribution is -0.383. The molecule has 6 rings (SSSR count). The van der Waals surface area contributed by atoms with Crippen LogP contribution in [0, 0.1) is 56.5 Å². The third kappa shape index (κ3) is 12.0. The molecule has 64 heavy (non-hydrogen) atoms. The number of rotatable bonds is 26. The number of aliphatic carboxylic acids is 1. The molecule has 4 aliphatic rings. The van der Waals surface area contributed by atoms with Crippen molar-refractivity contribution in [2.75, 3.05) is 71.3 Å². The number of nitro benzene ring substituents is 1. The highest BCUT2D eigenvalue weighted by atomic mass is 16.6. The Labute approximate surface area is 372 Å². The molecule has 1 aromatic heterocycles. The molecular formula is C44H65N7O13. The fourth-order valence-electron chi connectivity index (χ4n) is 12.0. The van der Waals surface area contributed by atoms with E-state index in [-0.39, 0.29) is 51.9 Å². The van der Waals surface area contributed by atoms with Crippen LogP contribution in [0.15, 0.2) is 21.9 Å². The maximum Gasteiger partial charge on any atom is 0.329 e. The summed E-state index contributed by atoms with van der Waals surface area (Å²) in [7, 11) is 0. The van der Waals surface area contributed by atoms with Crippen LogP contribution in [-0.2, 0) is 42.8 Å². The molecule has 1 heterocycles. The van der Waals surface area contributed by atoms with Gasteiger partial charge in [-0.25, -0.2) is 9.42 Å². The molecule has 0 aliphatic heterocycles. The van der Waals surface area contributed by atoms with Crippen LogP contribution in [0.4, 0.5) is 11.4 Å². The molecule has 0 amide bonds. The minimum absolute atomic E-state index is 0.0205. The molecule has 4 saturated carbocycles. The number of non-ortho nitro benzene ring substituents is 1. The van der Waals surface area contributed by atoms with Crippen molar-refractivity contribution in [1.29, 1.82) is 0 Å². The molecular weight excluding hydrogens is 835 g/mol. The van der Waals surface area contributed by atoms with E-state index in [0.717, 1.165) is 32.1 Å². The van der Waals surface area contributed by atoms with Crippen molar-refractivity contribution in [2.24, 2.45) is 51.5 Å². The summed E-state index contributed by atoms with van der Waals surface area (Å²) in [5, 5.41) is 34.8. The molecule has 4 aliphatic carbocycles. The van der Waals surface area contributed by atoms with Crippen LogP contribution in [0.1, 0.15) is 97.8 Å². The molecule has 1 aromatic carbocycles. The Kier molecular flexibility index (Phi) is 17.6. The van der Waals surface area contributed by atoms with Gasteiger partial charge in [0.05, 0.1) is 69.9 Å². The van der Waals surface area contributed by atoms with E-state index in [1.165, 1.54) is 37.8 Å². The first-order valence-corrected chi connectivity index (χ1v) is 22.9. The van der Waals surface area contributed by atoms with Crippen molar-refractivity contribution in [1.82, 2.24) is 10.3 Å². The van der Waals surface area contributed by atoms with E-state index < -0.39 is 29.3 Å². The van der Waals surface area contributed by atoms with Crippen molar-refractivity contribution >= 4 is 40.3 Å². The van der Waals surface area contributed by atoms with Crippen LogP contribution < -0.4 is 5.32 Å². The van der Waals surface area contributed by atoms with Gasteiger partial charge in [-0.2, -0.15) is 0 Å². The topological polar surface area (TPSA) is 270 Å². The SMILES string of the molecule is C[C@H](CCC(=O)OCCOCCOCCOCCOCCN=[N+]=[N-])C1CC[C@H]2[C@@H]3CC[C@@H]4C[C@H](OC(=O)[C@H](CC(=O)O)Nc5ccc([N+](=O)[O-])c6nonc56)CC[C@]4(C)[C@H]3CC[C@]12C. The summed E-state index contributed by atoms with van der Waals surface area (Å²) in [6.07, 6.45) is 9.61. The number of carbonyl (C=O) groups excluding carboxylic acids is 2. The molecule has 20 heteroatoms. The van der Waals surface area contributed by atoms with Crippen molar-refractivity contribution in [2.45, 2.75) is 110 Å². The van der Waals surface area contributed by atoms with E-state index in [0.29, 0.717) is 108 Å². The maximum atomic E-state index is 13.6. The number of hydrogen-bond acceptors (Lipinski definition) is 16. The second kappa shape index (κ2) is 23.0. The molecule has 0 saturated heterocycles. The number of carboxylic acid groups (broad SMARTS) is 1. The normalized spacial score (nSPS) is 28.2. The van der Waals surface area contributed by atoms with Crippen LogP contribution in [0.3, 0.4) is 0 Å². The monoisotopic (exact) mass is 899 g/mol. The van der Waals surface area contributed by atoms with Gasteiger partial charge < -0.3 is 38.8 Å². The molecule has 0 radical (unpaired) electrons. The molecule has 0 bridgehead atoms. The van der Waals surface area contributed by atoms with Gasteiger partial charge in [0.25, 0.3) is 0 Å². The molecule has 354 valence electrons. The number of azide groups is 1. The van der Waals surface area contributed by atoms with Crippen molar-refractivity contribution in [3.63, 3.8) is 0 Å². The lowest BCUT2D eigenvalue weighted by atomic mass is 9.44. The Morgan fingerprint density at radius 2 is 1.58 bits per heavy atom. The molecule has 10 atom stereocenters. The zero-order valence-electron chi connectivity index (χ0n) is 37.4. The number of nitro groups is 1. The number of ether oxygens (including phenoxy) is 6. The summed E-state index contributed by atoms with van der Waals surface area (Å²) < 4.78 is 38.0. The number of esters is 2. The Morgan fingerprint density at radius 3 is 2.27 bits per heavy atom.